The summed E-state index contributed by atoms with van der Waals surface area (Å²) in [4.78, 5) is 0.176. The first-order valence-corrected chi connectivity index (χ1v) is 8.19. The van der Waals surface area contributed by atoms with Crippen molar-refractivity contribution in [3.8, 4) is 0 Å². The van der Waals surface area contributed by atoms with E-state index in [1.165, 1.54) is 17.1 Å². The predicted molar refractivity (Wildman–Crippen MR) is 74.7 cm³/mol. The summed E-state index contributed by atoms with van der Waals surface area (Å²) < 4.78 is 34.4. The molecule has 8 heteroatoms. The van der Waals surface area contributed by atoms with Gasteiger partial charge in [-0.3, -0.25) is 4.68 Å². The minimum Gasteiger partial charge on any atom is -0.375 e. The lowest BCUT2D eigenvalue weighted by molar-refractivity contribution is -0.0599. The molecule has 2 rings (SSSR count). The number of hydrogen-bond acceptors (Lipinski definition) is 5. The highest BCUT2D eigenvalue weighted by atomic mass is 32.2. The Morgan fingerprint density at radius 2 is 2.35 bits per heavy atom. The van der Waals surface area contributed by atoms with Crippen molar-refractivity contribution in [2.75, 3.05) is 13.2 Å². The Labute approximate surface area is 119 Å². The van der Waals surface area contributed by atoms with Crippen LogP contribution in [-0.4, -0.2) is 43.0 Å². The molecule has 1 atom stereocenters. The largest absolute Gasteiger partial charge is 0.375 e. The second-order valence-electron chi connectivity index (χ2n) is 5.65. The summed E-state index contributed by atoms with van der Waals surface area (Å²) in [6, 6.07) is -0.110. The monoisotopic (exact) mass is 302 g/mol. The Morgan fingerprint density at radius 3 is 3.00 bits per heavy atom. The fraction of sp³-hybridized carbons (Fsp3) is 0.750. The summed E-state index contributed by atoms with van der Waals surface area (Å²) in [6.07, 6.45) is 4.19. The number of rotatable bonds is 5. The topological polar surface area (TPSA) is 99.2 Å². The zero-order chi connectivity index (χ0) is 14.8. The van der Waals surface area contributed by atoms with Crippen LogP contribution in [0.5, 0.6) is 0 Å². The lowest BCUT2D eigenvalue weighted by Crippen LogP contribution is -2.45. The first-order chi connectivity index (χ1) is 9.32. The van der Waals surface area contributed by atoms with E-state index in [1.54, 1.807) is 0 Å². The molecule has 20 heavy (non-hydrogen) atoms. The molecule has 1 saturated heterocycles. The number of nitrogens with zero attached hydrogens (tertiary/aromatic N) is 2. The standard InChI is InChI=1S/C12H22N4O3S/c1-12(2)7-10(3-6-19-12)15-20(17,18)11-8-14-16(9-11)5-4-13/h8-10,15H,3-7,13H2,1-2H3. The van der Waals surface area contributed by atoms with E-state index in [-0.39, 0.29) is 16.5 Å². The first kappa shape index (κ1) is 15.4. The SMILES string of the molecule is CC1(C)CC(NS(=O)(=O)c2cnn(CCN)c2)CCO1. The van der Waals surface area contributed by atoms with Gasteiger partial charge in [0.2, 0.25) is 10.0 Å². The van der Waals surface area contributed by atoms with Crippen LogP contribution in [0.3, 0.4) is 0 Å². The molecule has 0 radical (unpaired) electrons. The number of hydrogen-bond donors (Lipinski definition) is 2. The van der Waals surface area contributed by atoms with Crippen LogP contribution in [-0.2, 0) is 21.3 Å². The van der Waals surface area contributed by atoms with Gasteiger partial charge in [-0.1, -0.05) is 0 Å². The van der Waals surface area contributed by atoms with Crippen LogP contribution in [0.4, 0.5) is 0 Å². The molecule has 2 heterocycles. The predicted octanol–water partition coefficient (Wildman–Crippen LogP) is 0.0777. The molecule has 1 aromatic rings. The highest BCUT2D eigenvalue weighted by Gasteiger charge is 2.31. The molecular weight excluding hydrogens is 280 g/mol. The Balaban J connectivity index is 2.06. The van der Waals surface area contributed by atoms with Gasteiger partial charge in [-0.2, -0.15) is 5.10 Å². The average Bonchev–Trinajstić information content (AvgIpc) is 2.77. The van der Waals surface area contributed by atoms with Crippen molar-refractivity contribution in [3.63, 3.8) is 0 Å². The van der Waals surface area contributed by atoms with Crippen molar-refractivity contribution in [2.24, 2.45) is 5.73 Å². The van der Waals surface area contributed by atoms with E-state index in [0.717, 1.165) is 0 Å². The van der Waals surface area contributed by atoms with E-state index >= 15 is 0 Å². The fourth-order valence-electron chi connectivity index (χ4n) is 2.36. The van der Waals surface area contributed by atoms with E-state index in [4.69, 9.17) is 10.5 Å². The summed E-state index contributed by atoms with van der Waals surface area (Å²) in [6.45, 7) is 5.41. The third kappa shape index (κ3) is 3.78. The number of sulfonamides is 1. The van der Waals surface area contributed by atoms with E-state index in [9.17, 15) is 8.42 Å². The van der Waals surface area contributed by atoms with Gasteiger partial charge in [0.05, 0.1) is 18.3 Å². The minimum atomic E-state index is -3.54. The van der Waals surface area contributed by atoms with Crippen LogP contribution in [0, 0.1) is 0 Å². The van der Waals surface area contributed by atoms with Gasteiger partial charge < -0.3 is 10.5 Å². The molecule has 1 aromatic heterocycles. The number of nitrogens with one attached hydrogen (secondary N) is 1. The van der Waals surface area contributed by atoms with E-state index < -0.39 is 10.0 Å². The van der Waals surface area contributed by atoms with E-state index in [2.05, 4.69) is 9.82 Å². The van der Waals surface area contributed by atoms with Crippen LogP contribution >= 0.6 is 0 Å². The number of aromatic nitrogens is 2. The van der Waals surface area contributed by atoms with Gasteiger partial charge >= 0.3 is 0 Å². The van der Waals surface area contributed by atoms with Crippen molar-refractivity contribution in [1.29, 1.82) is 0 Å². The van der Waals surface area contributed by atoms with Crippen LogP contribution in [0.15, 0.2) is 17.3 Å². The first-order valence-electron chi connectivity index (χ1n) is 6.71. The second kappa shape index (κ2) is 5.80. The van der Waals surface area contributed by atoms with Gasteiger partial charge in [-0.25, -0.2) is 13.1 Å². The molecule has 1 aliphatic heterocycles. The molecule has 0 saturated carbocycles. The van der Waals surface area contributed by atoms with Crippen LogP contribution in [0.2, 0.25) is 0 Å². The molecule has 0 aromatic carbocycles. The number of ether oxygens (including phenoxy) is 1. The van der Waals surface area contributed by atoms with Crippen molar-refractivity contribution in [1.82, 2.24) is 14.5 Å². The van der Waals surface area contributed by atoms with Crippen molar-refractivity contribution in [3.05, 3.63) is 12.4 Å². The average molecular weight is 302 g/mol. The smallest absolute Gasteiger partial charge is 0.243 e. The third-order valence-corrected chi connectivity index (χ3v) is 4.77. The Bertz CT molecular complexity index is 553. The molecule has 7 nitrogen and oxygen atoms in total. The van der Waals surface area contributed by atoms with Gasteiger partial charge in [0, 0.05) is 25.4 Å². The van der Waals surface area contributed by atoms with E-state index in [0.29, 0.717) is 32.5 Å². The van der Waals surface area contributed by atoms with Crippen molar-refractivity contribution < 1.29 is 13.2 Å². The molecule has 0 amide bonds. The van der Waals surface area contributed by atoms with E-state index in [1.807, 2.05) is 13.8 Å². The highest BCUT2D eigenvalue weighted by molar-refractivity contribution is 7.89. The third-order valence-electron chi connectivity index (χ3n) is 3.30. The Morgan fingerprint density at radius 1 is 1.60 bits per heavy atom. The normalized spacial score (nSPS) is 22.9. The molecular formula is C12H22N4O3S. The molecule has 0 aliphatic carbocycles. The summed E-state index contributed by atoms with van der Waals surface area (Å²) in [5.41, 5.74) is 5.12. The lowest BCUT2D eigenvalue weighted by Gasteiger charge is -2.35. The van der Waals surface area contributed by atoms with Crippen LogP contribution in [0.1, 0.15) is 26.7 Å². The summed E-state index contributed by atoms with van der Waals surface area (Å²) in [5, 5.41) is 3.99. The van der Waals surface area contributed by atoms with Gasteiger partial charge in [0.15, 0.2) is 0 Å². The summed E-state index contributed by atoms with van der Waals surface area (Å²) in [5.74, 6) is 0. The number of nitrogens with two attached hydrogens (primary N) is 1. The van der Waals surface area contributed by atoms with Gasteiger partial charge in [-0.15, -0.1) is 0 Å². The Hall–Kier alpha value is -0.960. The summed E-state index contributed by atoms with van der Waals surface area (Å²) in [7, 11) is -3.54. The maximum atomic E-state index is 12.3. The Kier molecular flexibility index (Phi) is 4.48. The molecule has 0 bridgehead atoms. The summed E-state index contributed by atoms with van der Waals surface area (Å²) >= 11 is 0. The van der Waals surface area contributed by atoms with Gasteiger partial charge in [-0.05, 0) is 26.7 Å². The maximum absolute atomic E-state index is 12.3. The van der Waals surface area contributed by atoms with Crippen LogP contribution < -0.4 is 10.5 Å². The fourth-order valence-corrected chi connectivity index (χ4v) is 3.58. The quantitative estimate of drug-likeness (QED) is 0.802. The zero-order valence-corrected chi connectivity index (χ0v) is 12.7. The van der Waals surface area contributed by atoms with Gasteiger partial charge in [0.1, 0.15) is 4.90 Å². The minimum absolute atomic E-state index is 0.110. The van der Waals surface area contributed by atoms with Gasteiger partial charge in [0.25, 0.3) is 0 Å². The lowest BCUT2D eigenvalue weighted by atomic mass is 9.95. The molecule has 0 spiro atoms. The highest BCUT2D eigenvalue weighted by Crippen LogP contribution is 2.25. The van der Waals surface area contributed by atoms with Crippen LogP contribution in [0.25, 0.3) is 0 Å². The molecule has 1 unspecified atom stereocenters. The maximum Gasteiger partial charge on any atom is 0.243 e. The molecule has 1 fully saturated rings. The second-order valence-corrected chi connectivity index (χ2v) is 7.36. The molecule has 114 valence electrons. The zero-order valence-electron chi connectivity index (χ0n) is 11.9. The van der Waals surface area contributed by atoms with Crippen molar-refractivity contribution >= 4 is 10.0 Å². The molecule has 3 N–H and O–H groups in total. The van der Waals surface area contributed by atoms with Crippen molar-refractivity contribution in [2.45, 2.75) is 49.8 Å². The molecule has 1 aliphatic rings.